The molecule has 2 heterocycles. The molecule has 9 heteroatoms. The first kappa shape index (κ1) is 18.4. The van der Waals surface area contributed by atoms with Crippen LogP contribution in [0.3, 0.4) is 0 Å². The largest absolute Gasteiger partial charge is 0.486 e. The Kier molecular flexibility index (Phi) is 5.68. The second-order valence-electron chi connectivity index (χ2n) is 6.47. The van der Waals surface area contributed by atoms with E-state index in [9.17, 15) is 4.79 Å². The molecule has 0 spiro atoms. The molecule has 4 rings (SSSR count). The molecule has 27 heavy (non-hydrogen) atoms. The number of ether oxygens (including phenoxy) is 2. The molecule has 1 fully saturated rings. The Labute approximate surface area is 166 Å². The van der Waals surface area contributed by atoms with E-state index in [1.807, 2.05) is 30.0 Å². The van der Waals surface area contributed by atoms with Gasteiger partial charge in [-0.25, -0.2) is 0 Å². The molecule has 1 saturated carbocycles. The summed E-state index contributed by atoms with van der Waals surface area (Å²) in [6.45, 7) is 4.33. The molecular weight excluding hydrogens is 384 g/mol. The first-order valence-corrected chi connectivity index (χ1v) is 10.9. The summed E-state index contributed by atoms with van der Waals surface area (Å²) < 4.78 is 12.0. The third kappa shape index (κ3) is 4.84. The molecule has 0 radical (unpaired) electrons. The Bertz CT molecular complexity index is 810. The van der Waals surface area contributed by atoms with Crippen LogP contribution in [0.15, 0.2) is 22.5 Å². The second kappa shape index (κ2) is 8.35. The summed E-state index contributed by atoms with van der Waals surface area (Å²) in [5, 5.41) is 12.5. The molecule has 0 atom stereocenters. The van der Waals surface area contributed by atoms with Gasteiger partial charge in [-0.3, -0.25) is 4.79 Å². The highest BCUT2D eigenvalue weighted by atomic mass is 32.2. The van der Waals surface area contributed by atoms with E-state index in [1.165, 1.54) is 35.9 Å². The van der Waals surface area contributed by atoms with Gasteiger partial charge < -0.3 is 19.7 Å². The molecule has 1 aromatic carbocycles. The van der Waals surface area contributed by atoms with Crippen molar-refractivity contribution in [3.8, 4) is 11.5 Å². The Balaban J connectivity index is 1.31. The van der Waals surface area contributed by atoms with Crippen molar-refractivity contribution in [2.45, 2.75) is 36.7 Å². The van der Waals surface area contributed by atoms with Gasteiger partial charge in [0.25, 0.3) is 0 Å². The minimum Gasteiger partial charge on any atom is -0.486 e. The van der Waals surface area contributed by atoms with Crippen molar-refractivity contribution in [3.63, 3.8) is 0 Å². The summed E-state index contributed by atoms with van der Waals surface area (Å²) in [5.74, 6) is 1.96. The highest BCUT2D eigenvalue weighted by Crippen LogP contribution is 2.32. The average molecular weight is 407 g/mol. The summed E-state index contributed by atoms with van der Waals surface area (Å²) in [6, 6.07) is 6.40. The smallest absolute Gasteiger partial charge is 0.233 e. The van der Waals surface area contributed by atoms with E-state index in [4.69, 9.17) is 9.47 Å². The van der Waals surface area contributed by atoms with Gasteiger partial charge in [0.1, 0.15) is 13.2 Å². The monoisotopic (exact) mass is 406 g/mol. The normalized spacial score (nSPS) is 15.4. The van der Waals surface area contributed by atoms with Gasteiger partial charge in [-0.2, -0.15) is 0 Å². The molecule has 1 amide bonds. The maximum Gasteiger partial charge on any atom is 0.233 e. The van der Waals surface area contributed by atoms with Crippen LogP contribution in [0.25, 0.3) is 0 Å². The van der Waals surface area contributed by atoms with E-state index in [-0.39, 0.29) is 5.91 Å². The molecule has 1 aromatic heterocycles. The fraction of sp³-hybridized carbons (Fsp3) is 0.500. The van der Waals surface area contributed by atoms with E-state index in [1.54, 1.807) is 0 Å². The summed E-state index contributed by atoms with van der Waals surface area (Å²) in [7, 11) is 0. The van der Waals surface area contributed by atoms with Crippen molar-refractivity contribution in [1.82, 2.24) is 15.1 Å². The minimum absolute atomic E-state index is 0.0873. The van der Waals surface area contributed by atoms with Crippen LogP contribution in [-0.4, -0.2) is 52.6 Å². The average Bonchev–Trinajstić information content (AvgIpc) is 3.40. The van der Waals surface area contributed by atoms with Crippen LogP contribution in [0.2, 0.25) is 0 Å². The number of hydrogen-bond acceptors (Lipinski definition) is 8. The van der Waals surface area contributed by atoms with E-state index >= 15 is 0 Å². The van der Waals surface area contributed by atoms with Crippen molar-refractivity contribution in [2.75, 3.05) is 30.8 Å². The summed E-state index contributed by atoms with van der Waals surface area (Å²) in [6.07, 6.45) is 2.40. The van der Waals surface area contributed by atoms with Gasteiger partial charge in [0, 0.05) is 19.1 Å². The fourth-order valence-electron chi connectivity index (χ4n) is 2.73. The molecule has 1 aliphatic heterocycles. The molecule has 1 aliphatic carbocycles. The molecule has 7 nitrogen and oxygen atoms in total. The molecule has 0 bridgehead atoms. The number of thioether (sulfide) groups is 1. The van der Waals surface area contributed by atoms with Crippen molar-refractivity contribution in [2.24, 2.45) is 0 Å². The van der Waals surface area contributed by atoms with Gasteiger partial charge in [0.15, 0.2) is 15.8 Å². The van der Waals surface area contributed by atoms with Crippen molar-refractivity contribution in [3.05, 3.63) is 23.8 Å². The van der Waals surface area contributed by atoms with Crippen LogP contribution in [0.5, 0.6) is 11.5 Å². The zero-order valence-corrected chi connectivity index (χ0v) is 16.8. The number of benzene rings is 1. The Morgan fingerprint density at radius 2 is 2.11 bits per heavy atom. The van der Waals surface area contributed by atoms with Gasteiger partial charge in [0.05, 0.1) is 5.75 Å². The molecule has 1 N–H and O–H groups in total. The quantitative estimate of drug-likeness (QED) is 0.675. The minimum atomic E-state index is 0.0873. The van der Waals surface area contributed by atoms with Crippen molar-refractivity contribution >= 4 is 34.1 Å². The lowest BCUT2D eigenvalue weighted by molar-refractivity contribution is -0.128. The van der Waals surface area contributed by atoms with Crippen LogP contribution < -0.4 is 14.8 Å². The molecule has 2 aliphatic rings. The van der Waals surface area contributed by atoms with Gasteiger partial charge in [-0.1, -0.05) is 29.2 Å². The van der Waals surface area contributed by atoms with E-state index in [0.717, 1.165) is 26.5 Å². The Morgan fingerprint density at radius 3 is 2.89 bits per heavy atom. The number of nitrogens with zero attached hydrogens (tertiary/aromatic N) is 3. The zero-order chi connectivity index (χ0) is 18.6. The summed E-state index contributed by atoms with van der Waals surface area (Å²) >= 11 is 2.95. The van der Waals surface area contributed by atoms with Crippen LogP contribution in [-0.2, 0) is 11.3 Å². The van der Waals surface area contributed by atoms with Gasteiger partial charge in [-0.05, 0) is 37.5 Å². The first-order chi connectivity index (χ1) is 13.2. The highest BCUT2D eigenvalue weighted by Gasteiger charge is 2.23. The van der Waals surface area contributed by atoms with Crippen molar-refractivity contribution < 1.29 is 14.3 Å². The van der Waals surface area contributed by atoms with Crippen LogP contribution >= 0.6 is 23.1 Å². The number of carbonyl (C=O) groups excluding carboxylic acids is 1. The number of anilines is 1. The standard InChI is InChI=1S/C18H22N4O3S2/c1-2-22(10-12-3-6-14-15(9-12)25-8-7-24-14)16(23)11-26-18-21-20-17(27-18)19-13-4-5-13/h3,6,9,13H,2,4-5,7-8,10-11H2,1H3,(H,19,20). The number of fused-ring (bicyclic) bond motifs is 1. The molecule has 144 valence electrons. The lowest BCUT2D eigenvalue weighted by Crippen LogP contribution is -2.31. The second-order valence-corrected chi connectivity index (χ2v) is 8.67. The maximum atomic E-state index is 12.6. The molecule has 2 aromatic rings. The number of aromatic nitrogens is 2. The maximum absolute atomic E-state index is 12.6. The van der Waals surface area contributed by atoms with Gasteiger partial charge >= 0.3 is 0 Å². The van der Waals surface area contributed by atoms with Crippen LogP contribution in [0.4, 0.5) is 5.13 Å². The summed E-state index contributed by atoms with van der Waals surface area (Å²) in [4.78, 5) is 14.5. The predicted molar refractivity (Wildman–Crippen MR) is 106 cm³/mol. The SMILES string of the molecule is CCN(Cc1ccc2c(c1)OCCO2)C(=O)CSc1nnc(NC2CC2)s1. The molecule has 0 unspecified atom stereocenters. The molecule has 0 saturated heterocycles. The number of nitrogens with one attached hydrogen (secondary N) is 1. The Morgan fingerprint density at radius 1 is 1.30 bits per heavy atom. The third-order valence-electron chi connectivity index (χ3n) is 4.34. The van der Waals surface area contributed by atoms with Gasteiger partial charge in [-0.15, -0.1) is 10.2 Å². The zero-order valence-electron chi connectivity index (χ0n) is 15.1. The van der Waals surface area contributed by atoms with Gasteiger partial charge in [0.2, 0.25) is 11.0 Å². The lowest BCUT2D eigenvalue weighted by atomic mass is 10.2. The van der Waals surface area contributed by atoms with Crippen molar-refractivity contribution in [1.29, 1.82) is 0 Å². The van der Waals surface area contributed by atoms with E-state index in [0.29, 0.717) is 38.1 Å². The lowest BCUT2D eigenvalue weighted by Gasteiger charge is -2.23. The Hall–Kier alpha value is -2.00. The molecular formula is C18H22N4O3S2. The summed E-state index contributed by atoms with van der Waals surface area (Å²) in [5.41, 5.74) is 1.03. The van der Waals surface area contributed by atoms with Crippen LogP contribution in [0, 0.1) is 0 Å². The number of carbonyl (C=O) groups is 1. The van der Waals surface area contributed by atoms with E-state index in [2.05, 4.69) is 15.5 Å². The third-order valence-corrected chi connectivity index (χ3v) is 6.32. The predicted octanol–water partition coefficient (Wildman–Crippen LogP) is 3.02. The highest BCUT2D eigenvalue weighted by molar-refractivity contribution is 8.01. The first-order valence-electron chi connectivity index (χ1n) is 9.10. The topological polar surface area (TPSA) is 76.6 Å². The number of rotatable bonds is 8. The fourth-order valence-corrected chi connectivity index (χ4v) is 4.46. The number of hydrogen-bond donors (Lipinski definition) is 1. The van der Waals surface area contributed by atoms with Crippen LogP contribution in [0.1, 0.15) is 25.3 Å². The van der Waals surface area contributed by atoms with E-state index < -0.39 is 0 Å². The number of amides is 1.